The molecule has 0 amide bonds. The highest BCUT2D eigenvalue weighted by molar-refractivity contribution is 5.75. The Kier molecular flexibility index (Phi) is 1.52. The third-order valence-corrected chi connectivity index (χ3v) is 2.30. The molecule has 0 fully saturated rings. The Morgan fingerprint density at radius 3 is 2.54 bits per heavy atom. The van der Waals surface area contributed by atoms with E-state index in [1.165, 1.54) is 0 Å². The van der Waals surface area contributed by atoms with Crippen LogP contribution in [0.5, 0.6) is 0 Å². The lowest BCUT2D eigenvalue weighted by molar-refractivity contribution is 0.795. The van der Waals surface area contributed by atoms with E-state index < -0.39 is 0 Å². The highest BCUT2D eigenvalue weighted by Gasteiger charge is 2.06. The molecule has 0 aliphatic heterocycles. The van der Waals surface area contributed by atoms with Gasteiger partial charge in [0.15, 0.2) is 0 Å². The van der Waals surface area contributed by atoms with Crippen LogP contribution in [0.15, 0.2) is 17.1 Å². The number of aryl methyl sites for hydroxylation is 3. The van der Waals surface area contributed by atoms with Gasteiger partial charge in [-0.15, -0.1) is 0 Å². The molecule has 0 spiro atoms. The fourth-order valence-corrected chi connectivity index (χ4v) is 1.50. The van der Waals surface area contributed by atoms with Gasteiger partial charge in [-0.3, -0.25) is 14.1 Å². The number of rotatable bonds is 0. The molecule has 0 N–H and O–H groups in total. The summed E-state index contributed by atoms with van der Waals surface area (Å²) in [4.78, 5) is 15.6. The minimum absolute atomic E-state index is 0.0117. The first-order valence-electron chi connectivity index (χ1n) is 4.09. The van der Waals surface area contributed by atoms with E-state index in [1.54, 1.807) is 29.4 Å². The molecule has 0 aliphatic rings. The molecule has 4 heteroatoms. The molecule has 0 bridgehead atoms. The molecule has 0 radical (unpaired) electrons. The van der Waals surface area contributed by atoms with Crippen molar-refractivity contribution in [2.45, 2.75) is 6.92 Å². The zero-order chi connectivity index (χ0) is 9.59. The van der Waals surface area contributed by atoms with Gasteiger partial charge in [0.05, 0.1) is 17.2 Å². The lowest BCUT2D eigenvalue weighted by Crippen LogP contribution is -2.19. The van der Waals surface area contributed by atoms with Crippen LogP contribution >= 0.6 is 0 Å². The maximum Gasteiger partial charge on any atom is 0.328 e. The Hall–Kier alpha value is -1.58. The summed E-state index contributed by atoms with van der Waals surface area (Å²) >= 11 is 0. The molecule has 2 rings (SSSR count). The molecule has 13 heavy (non-hydrogen) atoms. The highest BCUT2D eigenvalue weighted by Crippen LogP contribution is 2.10. The van der Waals surface area contributed by atoms with E-state index in [1.807, 2.05) is 13.0 Å². The summed E-state index contributed by atoms with van der Waals surface area (Å²) in [5.74, 6) is 0. The highest BCUT2D eigenvalue weighted by atomic mass is 16.1. The molecular formula is C9H11N3O. The van der Waals surface area contributed by atoms with Crippen molar-refractivity contribution < 1.29 is 0 Å². The molecule has 68 valence electrons. The van der Waals surface area contributed by atoms with E-state index in [0.29, 0.717) is 0 Å². The van der Waals surface area contributed by atoms with Crippen molar-refractivity contribution >= 4 is 11.0 Å². The van der Waals surface area contributed by atoms with Crippen LogP contribution in [-0.2, 0) is 14.1 Å². The number of hydrogen-bond acceptors (Lipinski definition) is 2. The van der Waals surface area contributed by atoms with Crippen molar-refractivity contribution in [1.29, 1.82) is 0 Å². The van der Waals surface area contributed by atoms with E-state index in [0.717, 1.165) is 16.7 Å². The van der Waals surface area contributed by atoms with Crippen LogP contribution in [0, 0.1) is 6.92 Å². The molecule has 0 aromatic carbocycles. The van der Waals surface area contributed by atoms with Crippen LogP contribution in [0.1, 0.15) is 5.69 Å². The molecule has 2 aromatic heterocycles. The van der Waals surface area contributed by atoms with Crippen LogP contribution < -0.4 is 5.69 Å². The van der Waals surface area contributed by atoms with Gasteiger partial charge < -0.3 is 0 Å². The van der Waals surface area contributed by atoms with Gasteiger partial charge in [0.2, 0.25) is 0 Å². The summed E-state index contributed by atoms with van der Waals surface area (Å²) < 4.78 is 3.23. The fourth-order valence-electron chi connectivity index (χ4n) is 1.50. The third kappa shape index (κ3) is 0.983. The van der Waals surface area contributed by atoms with Crippen LogP contribution in [0.2, 0.25) is 0 Å². The molecule has 0 atom stereocenters. The van der Waals surface area contributed by atoms with Gasteiger partial charge in [0, 0.05) is 19.8 Å². The summed E-state index contributed by atoms with van der Waals surface area (Å²) in [5, 5.41) is 0. The van der Waals surface area contributed by atoms with Crippen LogP contribution in [0.25, 0.3) is 11.0 Å². The standard InChI is InChI=1S/C9H11N3O/c1-6-4-7-8(5-10-6)12(3)9(13)11(7)2/h4-5H,1-3H3. The normalized spacial score (nSPS) is 11.0. The third-order valence-electron chi connectivity index (χ3n) is 2.30. The number of imidazole rings is 1. The summed E-state index contributed by atoms with van der Waals surface area (Å²) in [6, 6.07) is 1.91. The molecule has 0 saturated carbocycles. The Morgan fingerprint density at radius 2 is 1.85 bits per heavy atom. The molecule has 4 nitrogen and oxygen atoms in total. The van der Waals surface area contributed by atoms with E-state index in [9.17, 15) is 4.79 Å². The second kappa shape index (κ2) is 2.45. The first-order chi connectivity index (χ1) is 6.11. The Balaban J connectivity index is 3.04. The zero-order valence-electron chi connectivity index (χ0n) is 7.90. The van der Waals surface area contributed by atoms with Crippen molar-refractivity contribution in [2.75, 3.05) is 0 Å². The molecule has 0 saturated heterocycles. The monoisotopic (exact) mass is 177 g/mol. The Bertz CT molecular complexity index is 521. The molecule has 2 aromatic rings. The minimum atomic E-state index is -0.0117. The van der Waals surface area contributed by atoms with Gasteiger partial charge in [-0.1, -0.05) is 0 Å². The topological polar surface area (TPSA) is 39.8 Å². The number of aromatic nitrogens is 3. The average Bonchev–Trinajstić information content (AvgIpc) is 2.32. The van der Waals surface area contributed by atoms with Crippen molar-refractivity contribution in [3.05, 3.63) is 28.4 Å². The van der Waals surface area contributed by atoms with Gasteiger partial charge in [-0.2, -0.15) is 0 Å². The zero-order valence-corrected chi connectivity index (χ0v) is 7.90. The van der Waals surface area contributed by atoms with Crippen LogP contribution in [0.3, 0.4) is 0 Å². The summed E-state index contributed by atoms with van der Waals surface area (Å²) in [6.07, 6.45) is 1.73. The lowest BCUT2D eigenvalue weighted by Gasteiger charge is -1.94. The molecule has 0 aliphatic carbocycles. The summed E-state index contributed by atoms with van der Waals surface area (Å²) in [7, 11) is 3.52. The largest absolute Gasteiger partial charge is 0.328 e. The van der Waals surface area contributed by atoms with E-state index in [4.69, 9.17) is 0 Å². The summed E-state index contributed by atoms with van der Waals surface area (Å²) in [5.41, 5.74) is 2.72. The first kappa shape index (κ1) is 8.04. The second-order valence-electron chi connectivity index (χ2n) is 3.22. The maximum absolute atomic E-state index is 11.5. The molecular weight excluding hydrogens is 166 g/mol. The number of hydrogen-bond donors (Lipinski definition) is 0. The van der Waals surface area contributed by atoms with Gasteiger partial charge in [-0.25, -0.2) is 4.79 Å². The molecule has 2 heterocycles. The van der Waals surface area contributed by atoms with Crippen molar-refractivity contribution in [1.82, 2.24) is 14.1 Å². The predicted molar refractivity (Wildman–Crippen MR) is 50.7 cm³/mol. The Labute approximate surface area is 75.4 Å². The Morgan fingerprint density at radius 1 is 1.23 bits per heavy atom. The SMILES string of the molecule is Cc1cc2c(cn1)n(C)c(=O)n2C. The summed E-state index contributed by atoms with van der Waals surface area (Å²) in [6.45, 7) is 1.91. The van der Waals surface area contributed by atoms with Crippen molar-refractivity contribution in [3.63, 3.8) is 0 Å². The molecule has 0 unspecified atom stereocenters. The smallest absolute Gasteiger partial charge is 0.295 e. The first-order valence-corrected chi connectivity index (χ1v) is 4.09. The van der Waals surface area contributed by atoms with Gasteiger partial charge in [-0.05, 0) is 13.0 Å². The van der Waals surface area contributed by atoms with Crippen molar-refractivity contribution in [2.24, 2.45) is 14.1 Å². The van der Waals surface area contributed by atoms with Crippen LogP contribution in [0.4, 0.5) is 0 Å². The van der Waals surface area contributed by atoms with Crippen molar-refractivity contribution in [3.8, 4) is 0 Å². The fraction of sp³-hybridized carbons (Fsp3) is 0.333. The predicted octanol–water partition coefficient (Wildman–Crippen LogP) is 0.580. The second-order valence-corrected chi connectivity index (χ2v) is 3.22. The lowest BCUT2D eigenvalue weighted by atomic mass is 10.3. The quantitative estimate of drug-likeness (QED) is 0.590. The number of fused-ring (bicyclic) bond motifs is 1. The maximum atomic E-state index is 11.5. The van der Waals surface area contributed by atoms with Gasteiger partial charge in [0.1, 0.15) is 0 Å². The van der Waals surface area contributed by atoms with Crippen LogP contribution in [-0.4, -0.2) is 14.1 Å². The van der Waals surface area contributed by atoms with Gasteiger partial charge in [0.25, 0.3) is 0 Å². The van der Waals surface area contributed by atoms with E-state index in [2.05, 4.69) is 4.98 Å². The number of nitrogens with zero attached hydrogens (tertiary/aromatic N) is 3. The van der Waals surface area contributed by atoms with Gasteiger partial charge >= 0.3 is 5.69 Å². The van der Waals surface area contributed by atoms with E-state index >= 15 is 0 Å². The minimum Gasteiger partial charge on any atom is -0.295 e. The average molecular weight is 177 g/mol. The number of pyridine rings is 1. The van der Waals surface area contributed by atoms with E-state index in [-0.39, 0.29) is 5.69 Å².